The van der Waals surface area contributed by atoms with E-state index in [2.05, 4.69) is 16.7 Å². The summed E-state index contributed by atoms with van der Waals surface area (Å²) in [6.07, 6.45) is 0.945. The second kappa shape index (κ2) is 7.50. The first-order chi connectivity index (χ1) is 13.3. The van der Waals surface area contributed by atoms with E-state index < -0.39 is 0 Å². The van der Waals surface area contributed by atoms with Crippen molar-refractivity contribution in [2.75, 3.05) is 0 Å². The molecule has 0 N–H and O–H groups in total. The number of fused-ring (bicyclic) bond motifs is 1. The van der Waals surface area contributed by atoms with Crippen LogP contribution in [0.5, 0.6) is 5.75 Å². The van der Waals surface area contributed by atoms with E-state index in [1.54, 1.807) is 0 Å². The highest BCUT2D eigenvalue weighted by atomic mass is 16.5. The maximum atomic E-state index is 11.7. The Morgan fingerprint density at radius 2 is 1.56 bits per heavy atom. The Kier molecular flexibility index (Phi) is 4.75. The maximum absolute atomic E-state index is 11.7. The molecule has 0 unspecified atom stereocenters. The fraction of sp³-hybridized carbons (Fsp3) is 0.125. The monoisotopic (exact) mass is 355 g/mol. The van der Waals surface area contributed by atoms with Gasteiger partial charge >= 0.3 is 0 Å². The second-order valence-corrected chi connectivity index (χ2v) is 6.64. The molecule has 0 aliphatic heterocycles. The van der Waals surface area contributed by atoms with Crippen LogP contribution in [0, 0.1) is 6.92 Å². The standard InChI is InChI=1S/C24H21NO2/c1-18-23(16-26)22-14-21(27-17-20-10-6-3-7-11-20)12-13-24(22)25(18)15-19-8-4-2-5-9-19/h2-14,16H,15,17H2,1H3. The summed E-state index contributed by atoms with van der Waals surface area (Å²) in [7, 11) is 0. The van der Waals surface area contributed by atoms with E-state index >= 15 is 0 Å². The maximum Gasteiger partial charge on any atom is 0.152 e. The highest BCUT2D eigenvalue weighted by molar-refractivity contribution is 6.00. The number of hydrogen-bond donors (Lipinski definition) is 0. The van der Waals surface area contributed by atoms with Crippen LogP contribution in [0.4, 0.5) is 0 Å². The summed E-state index contributed by atoms with van der Waals surface area (Å²) in [4.78, 5) is 11.7. The third-order valence-electron chi connectivity index (χ3n) is 4.89. The van der Waals surface area contributed by atoms with Crippen molar-refractivity contribution in [1.82, 2.24) is 4.57 Å². The van der Waals surface area contributed by atoms with Gasteiger partial charge in [-0.3, -0.25) is 4.79 Å². The van der Waals surface area contributed by atoms with Gasteiger partial charge in [0, 0.05) is 28.7 Å². The summed E-state index contributed by atoms with van der Waals surface area (Å²) in [5, 5.41) is 0.934. The number of rotatable bonds is 6. The van der Waals surface area contributed by atoms with Crippen molar-refractivity contribution < 1.29 is 9.53 Å². The number of benzene rings is 3. The Hall–Kier alpha value is -3.33. The summed E-state index contributed by atoms with van der Waals surface area (Å²) in [5.74, 6) is 0.770. The van der Waals surface area contributed by atoms with Gasteiger partial charge in [0.15, 0.2) is 6.29 Å². The second-order valence-electron chi connectivity index (χ2n) is 6.64. The molecule has 1 heterocycles. The number of aldehydes is 1. The first kappa shape index (κ1) is 17.1. The lowest BCUT2D eigenvalue weighted by molar-refractivity contribution is 0.112. The molecule has 0 radical (unpaired) electrons. The molecule has 0 atom stereocenters. The molecule has 0 amide bonds. The predicted molar refractivity (Wildman–Crippen MR) is 108 cm³/mol. The first-order valence-corrected chi connectivity index (χ1v) is 9.05. The van der Waals surface area contributed by atoms with Gasteiger partial charge in [0.05, 0.1) is 0 Å². The van der Waals surface area contributed by atoms with Crippen molar-refractivity contribution in [2.24, 2.45) is 0 Å². The van der Waals surface area contributed by atoms with Crippen LogP contribution < -0.4 is 4.74 Å². The van der Waals surface area contributed by atoms with Crippen LogP contribution in [0.15, 0.2) is 78.9 Å². The van der Waals surface area contributed by atoms with Crippen LogP contribution in [-0.2, 0) is 13.2 Å². The molecule has 0 spiro atoms. The average molecular weight is 355 g/mol. The van der Waals surface area contributed by atoms with E-state index in [4.69, 9.17) is 4.74 Å². The Morgan fingerprint density at radius 1 is 0.889 bits per heavy atom. The van der Waals surface area contributed by atoms with Gasteiger partial charge in [-0.25, -0.2) is 0 Å². The van der Waals surface area contributed by atoms with Crippen LogP contribution >= 0.6 is 0 Å². The summed E-state index contributed by atoms with van der Waals surface area (Å²) in [6.45, 7) is 3.24. The molecular formula is C24H21NO2. The van der Waals surface area contributed by atoms with Crippen LogP contribution in [0.1, 0.15) is 27.2 Å². The summed E-state index contributed by atoms with van der Waals surface area (Å²) in [5.41, 5.74) is 5.08. The highest BCUT2D eigenvalue weighted by Crippen LogP contribution is 2.29. The zero-order chi connectivity index (χ0) is 18.6. The van der Waals surface area contributed by atoms with Crippen LogP contribution in [0.2, 0.25) is 0 Å². The van der Waals surface area contributed by atoms with Gasteiger partial charge in [-0.15, -0.1) is 0 Å². The molecule has 0 bridgehead atoms. The largest absolute Gasteiger partial charge is 0.489 e. The Bertz CT molecular complexity index is 1070. The minimum absolute atomic E-state index is 0.506. The summed E-state index contributed by atoms with van der Waals surface area (Å²) < 4.78 is 8.13. The molecule has 4 rings (SSSR count). The molecule has 0 saturated heterocycles. The minimum atomic E-state index is 0.506. The van der Waals surface area contributed by atoms with E-state index in [1.165, 1.54) is 5.56 Å². The molecule has 4 aromatic rings. The van der Waals surface area contributed by atoms with Gasteiger partial charge in [-0.05, 0) is 36.2 Å². The third-order valence-corrected chi connectivity index (χ3v) is 4.89. The van der Waals surface area contributed by atoms with Crippen molar-refractivity contribution >= 4 is 17.2 Å². The SMILES string of the molecule is Cc1c(C=O)c2cc(OCc3ccccc3)ccc2n1Cc1ccccc1. The molecule has 134 valence electrons. The lowest BCUT2D eigenvalue weighted by Crippen LogP contribution is -2.02. The molecule has 3 nitrogen and oxygen atoms in total. The normalized spacial score (nSPS) is 10.9. The smallest absolute Gasteiger partial charge is 0.152 e. The van der Waals surface area contributed by atoms with Crippen LogP contribution in [-0.4, -0.2) is 10.9 Å². The van der Waals surface area contributed by atoms with Gasteiger partial charge in [-0.1, -0.05) is 60.7 Å². The van der Waals surface area contributed by atoms with Gasteiger partial charge in [0.25, 0.3) is 0 Å². The average Bonchev–Trinajstić information content (AvgIpc) is 2.98. The molecule has 0 fully saturated rings. The fourth-order valence-electron chi connectivity index (χ4n) is 3.44. The lowest BCUT2D eigenvalue weighted by Gasteiger charge is -2.10. The number of carbonyl (C=O) groups excluding carboxylic acids is 1. The molecule has 0 aliphatic rings. The quantitative estimate of drug-likeness (QED) is 0.434. The van der Waals surface area contributed by atoms with E-state index in [-0.39, 0.29) is 0 Å². The van der Waals surface area contributed by atoms with E-state index in [9.17, 15) is 4.79 Å². The minimum Gasteiger partial charge on any atom is -0.489 e. The molecule has 0 aliphatic carbocycles. The molecule has 1 aromatic heterocycles. The van der Waals surface area contributed by atoms with Gasteiger partial charge in [0.2, 0.25) is 0 Å². The fourth-order valence-corrected chi connectivity index (χ4v) is 3.44. The molecule has 27 heavy (non-hydrogen) atoms. The third kappa shape index (κ3) is 3.49. The number of carbonyl (C=O) groups is 1. The number of hydrogen-bond acceptors (Lipinski definition) is 2. The summed E-state index contributed by atoms with van der Waals surface area (Å²) in [6, 6.07) is 26.3. The van der Waals surface area contributed by atoms with Crippen molar-refractivity contribution in [3.8, 4) is 5.75 Å². The highest BCUT2D eigenvalue weighted by Gasteiger charge is 2.14. The molecule has 3 heteroatoms. The lowest BCUT2D eigenvalue weighted by atomic mass is 10.1. The van der Waals surface area contributed by atoms with E-state index in [0.29, 0.717) is 6.61 Å². The van der Waals surface area contributed by atoms with E-state index in [0.717, 1.165) is 46.3 Å². The Morgan fingerprint density at radius 3 is 2.22 bits per heavy atom. The number of nitrogens with zero attached hydrogens (tertiary/aromatic N) is 1. The van der Waals surface area contributed by atoms with Gasteiger partial charge in [0.1, 0.15) is 12.4 Å². The number of ether oxygens (including phenoxy) is 1. The molecule has 0 saturated carbocycles. The predicted octanol–water partition coefficient (Wildman–Crippen LogP) is 5.39. The number of aromatic nitrogens is 1. The summed E-state index contributed by atoms with van der Waals surface area (Å²) >= 11 is 0. The zero-order valence-electron chi connectivity index (χ0n) is 15.3. The van der Waals surface area contributed by atoms with Crippen molar-refractivity contribution in [2.45, 2.75) is 20.1 Å². The van der Waals surface area contributed by atoms with Gasteiger partial charge in [-0.2, -0.15) is 0 Å². The van der Waals surface area contributed by atoms with Crippen LogP contribution in [0.25, 0.3) is 10.9 Å². The first-order valence-electron chi connectivity index (χ1n) is 9.05. The Balaban J connectivity index is 1.67. The molecular weight excluding hydrogens is 334 g/mol. The van der Waals surface area contributed by atoms with Gasteiger partial charge < -0.3 is 9.30 Å². The molecule has 3 aromatic carbocycles. The van der Waals surface area contributed by atoms with Crippen molar-refractivity contribution in [1.29, 1.82) is 0 Å². The Labute approximate surface area is 158 Å². The van der Waals surface area contributed by atoms with Crippen molar-refractivity contribution in [3.05, 3.63) is 101 Å². The topological polar surface area (TPSA) is 31.2 Å². The van der Waals surface area contributed by atoms with E-state index in [1.807, 2.05) is 73.7 Å². The zero-order valence-corrected chi connectivity index (χ0v) is 15.3. The van der Waals surface area contributed by atoms with Crippen molar-refractivity contribution in [3.63, 3.8) is 0 Å². The van der Waals surface area contributed by atoms with Crippen LogP contribution in [0.3, 0.4) is 0 Å².